The molecule has 1 aromatic heterocycles. The second-order valence-electron chi connectivity index (χ2n) is 4.18. The number of benzene rings is 1. The van der Waals surface area contributed by atoms with Crippen molar-refractivity contribution in [2.24, 2.45) is 12.8 Å². The van der Waals surface area contributed by atoms with E-state index in [4.69, 9.17) is 5.73 Å². The summed E-state index contributed by atoms with van der Waals surface area (Å²) in [6, 6.07) is 6.41. The molecule has 2 aromatic rings. The second-order valence-corrected chi connectivity index (χ2v) is 4.18. The minimum Gasteiger partial charge on any atom is -0.508 e. The lowest BCUT2D eigenvalue weighted by Gasteiger charge is -1.92. The second kappa shape index (κ2) is 5.34. The summed E-state index contributed by atoms with van der Waals surface area (Å²) in [5.41, 5.74) is 8.45. The van der Waals surface area contributed by atoms with Crippen LogP contribution in [0, 0.1) is 0 Å². The molecule has 20 heavy (non-hydrogen) atoms. The molecule has 4 N–H and O–H groups in total. The van der Waals surface area contributed by atoms with Crippen molar-refractivity contribution < 1.29 is 9.90 Å². The number of phenolic OH excluding ortho intramolecular Hbond substituents is 1. The first kappa shape index (κ1) is 13.5. The Balaban J connectivity index is 2.63. The van der Waals surface area contributed by atoms with Crippen LogP contribution in [0.5, 0.6) is 5.75 Å². The number of amides is 1. The molecule has 0 atom stereocenters. The average molecular weight is 271 g/mol. The summed E-state index contributed by atoms with van der Waals surface area (Å²) in [5.74, 6) is -0.490. The first-order valence-electron chi connectivity index (χ1n) is 5.79. The lowest BCUT2D eigenvalue weighted by molar-refractivity contribution is -0.113. The summed E-state index contributed by atoms with van der Waals surface area (Å²) in [5, 5.41) is 9.55. The van der Waals surface area contributed by atoms with Crippen LogP contribution < -0.4 is 22.1 Å². The van der Waals surface area contributed by atoms with Crippen LogP contribution in [0.3, 0.4) is 0 Å². The average Bonchev–Trinajstić information content (AvgIpc) is 2.67. The molecule has 0 saturated heterocycles. The maximum atomic E-state index is 12.0. The van der Waals surface area contributed by atoms with E-state index in [0.29, 0.717) is 10.8 Å². The van der Waals surface area contributed by atoms with Crippen LogP contribution in [0.25, 0.3) is 11.8 Å². The molecule has 0 spiro atoms. The highest BCUT2D eigenvalue weighted by atomic mass is 16.3. The number of hydrogen-bond acceptors (Lipinski definition) is 3. The molecule has 0 saturated carbocycles. The van der Waals surface area contributed by atoms with Crippen molar-refractivity contribution in [1.29, 1.82) is 0 Å². The van der Waals surface area contributed by atoms with Crippen LogP contribution in [0.1, 0.15) is 5.56 Å². The molecule has 1 aromatic carbocycles. The number of aromatic amines is 1. The van der Waals surface area contributed by atoms with Crippen molar-refractivity contribution in [2.75, 3.05) is 0 Å². The minimum absolute atomic E-state index is 0.153. The molecule has 0 fully saturated rings. The Morgan fingerprint density at radius 1 is 1.40 bits per heavy atom. The van der Waals surface area contributed by atoms with E-state index < -0.39 is 5.91 Å². The third-order valence-electron chi connectivity index (χ3n) is 2.68. The van der Waals surface area contributed by atoms with E-state index in [1.807, 2.05) is 0 Å². The maximum Gasteiger partial charge on any atom is 0.276 e. The third kappa shape index (κ3) is 2.88. The van der Waals surface area contributed by atoms with Crippen molar-refractivity contribution >= 4 is 17.7 Å². The third-order valence-corrected chi connectivity index (χ3v) is 2.68. The Morgan fingerprint density at radius 2 is 2.05 bits per heavy atom. The summed E-state index contributed by atoms with van der Waals surface area (Å²) >= 11 is 0. The van der Waals surface area contributed by atoms with E-state index in [2.05, 4.69) is 10.7 Å². The van der Waals surface area contributed by atoms with E-state index in [9.17, 15) is 14.7 Å². The summed E-state index contributed by atoms with van der Waals surface area (Å²) in [7, 11) is 1.56. The van der Waals surface area contributed by atoms with Gasteiger partial charge in [-0.3, -0.25) is 14.2 Å². The van der Waals surface area contributed by atoms with Gasteiger partial charge in [0.15, 0.2) is 5.48 Å². The highest BCUT2D eigenvalue weighted by Crippen LogP contribution is 2.09. The first-order valence-corrected chi connectivity index (χ1v) is 5.79. The number of phenols is 1. The Kier molecular flexibility index (Phi) is 3.59. The van der Waals surface area contributed by atoms with Gasteiger partial charge in [0.25, 0.3) is 5.56 Å². The number of aromatic hydroxyl groups is 1. The smallest absolute Gasteiger partial charge is 0.276 e. The molecule has 102 valence electrons. The molecule has 6 heteroatoms. The number of nitrogens with zero attached hydrogens (tertiary/aromatic N) is 1. The van der Waals surface area contributed by atoms with Gasteiger partial charge in [0, 0.05) is 13.1 Å². The van der Waals surface area contributed by atoms with Gasteiger partial charge in [-0.05, 0) is 23.8 Å². The van der Waals surface area contributed by atoms with Crippen molar-refractivity contribution in [3.05, 3.63) is 57.1 Å². The van der Waals surface area contributed by atoms with Crippen LogP contribution in [0.2, 0.25) is 0 Å². The zero-order valence-electron chi connectivity index (χ0n) is 10.8. The molecule has 1 amide bonds. The van der Waals surface area contributed by atoms with Gasteiger partial charge < -0.3 is 15.8 Å². The van der Waals surface area contributed by atoms with Gasteiger partial charge in [-0.1, -0.05) is 17.9 Å². The molecule has 0 aliphatic carbocycles. The van der Waals surface area contributed by atoms with Crippen molar-refractivity contribution in [2.45, 2.75) is 0 Å². The lowest BCUT2D eigenvalue weighted by atomic mass is 10.2. The highest BCUT2D eigenvalue weighted by molar-refractivity contribution is 5.87. The van der Waals surface area contributed by atoms with Crippen molar-refractivity contribution in [1.82, 2.24) is 9.55 Å². The number of H-pyrrole nitrogens is 1. The summed E-state index contributed by atoms with van der Waals surface area (Å²) < 4.78 is 1.33. The quantitative estimate of drug-likeness (QED) is 0.590. The number of primary amides is 1. The Morgan fingerprint density at radius 3 is 2.65 bits per heavy atom. The number of rotatable bonds is 2. The largest absolute Gasteiger partial charge is 0.508 e. The zero-order chi connectivity index (χ0) is 14.7. The van der Waals surface area contributed by atoms with E-state index in [-0.39, 0.29) is 11.3 Å². The molecule has 2 rings (SSSR count). The van der Waals surface area contributed by atoms with Crippen molar-refractivity contribution in [3.8, 4) is 5.75 Å². The molecule has 6 nitrogen and oxygen atoms in total. The molecule has 0 bridgehead atoms. The normalized spacial score (nSPS) is 11.2. The molecule has 0 radical (unpaired) electrons. The van der Waals surface area contributed by atoms with Crippen LogP contribution >= 0.6 is 0 Å². The molecule has 0 unspecified atom stereocenters. The van der Waals surface area contributed by atoms with E-state index in [0.717, 1.165) is 11.6 Å². The van der Waals surface area contributed by atoms with Crippen LogP contribution in [-0.2, 0) is 11.8 Å². The van der Waals surface area contributed by atoms with Gasteiger partial charge in [-0.2, -0.15) is 0 Å². The fourth-order valence-electron chi connectivity index (χ4n) is 1.65. The van der Waals surface area contributed by atoms with Gasteiger partial charge in [0.1, 0.15) is 11.1 Å². The number of aromatic nitrogens is 2. The molecular formula is C14H13N3O3. The number of imidazole rings is 1. The number of nitrogens with one attached hydrogen (secondary N) is 1. The number of carbonyl (C=O) groups is 1. The van der Waals surface area contributed by atoms with Gasteiger partial charge >= 0.3 is 0 Å². The standard InChI is InChI=1S/C14H13N3O3/c1-17-13(7-6-12(15)19)16-11(14(17)20)8-9-2-4-10(18)5-3-9/h2-6,8,16,18H,1H3,(H2,15,19). The van der Waals surface area contributed by atoms with Crippen LogP contribution in [0.4, 0.5) is 0 Å². The van der Waals surface area contributed by atoms with Gasteiger partial charge in [-0.15, -0.1) is 0 Å². The van der Waals surface area contributed by atoms with Crippen LogP contribution in [-0.4, -0.2) is 20.6 Å². The summed E-state index contributed by atoms with van der Waals surface area (Å²) in [6.07, 6.45) is 2.69. The Hall–Kier alpha value is -2.98. The molecule has 0 aliphatic heterocycles. The van der Waals surface area contributed by atoms with Gasteiger partial charge in [-0.25, -0.2) is 0 Å². The number of nitrogens with two attached hydrogens (primary N) is 1. The highest BCUT2D eigenvalue weighted by Gasteiger charge is 1.98. The minimum atomic E-state index is -0.642. The summed E-state index contributed by atoms with van der Waals surface area (Å²) in [4.78, 5) is 25.5. The molecule has 1 heterocycles. The van der Waals surface area contributed by atoms with Crippen LogP contribution in [0.15, 0.2) is 35.1 Å². The van der Waals surface area contributed by atoms with Crippen molar-refractivity contribution in [3.63, 3.8) is 0 Å². The Bertz CT molecular complexity index is 851. The monoisotopic (exact) mass is 271 g/mol. The molecular weight excluding hydrogens is 258 g/mol. The zero-order valence-corrected chi connectivity index (χ0v) is 10.8. The topological polar surface area (TPSA) is 101 Å². The maximum absolute atomic E-state index is 12.0. The number of carbonyl (C=O) groups excluding carboxylic acids is 1. The van der Waals surface area contributed by atoms with Gasteiger partial charge in [0.2, 0.25) is 5.91 Å². The first-order chi connectivity index (χ1) is 9.47. The predicted molar refractivity (Wildman–Crippen MR) is 74.1 cm³/mol. The van der Waals surface area contributed by atoms with Gasteiger partial charge in [0.05, 0.1) is 0 Å². The van der Waals surface area contributed by atoms with E-state index >= 15 is 0 Å². The number of hydrogen-bond donors (Lipinski definition) is 3. The fraction of sp³-hybridized carbons (Fsp3) is 0.0714. The summed E-state index contributed by atoms with van der Waals surface area (Å²) in [6.45, 7) is 0. The SMILES string of the molecule is Cn1c(=C=CC(N)=O)[nH]c(=Cc2ccc(O)cc2)c1=O. The fourth-order valence-corrected chi connectivity index (χ4v) is 1.65. The lowest BCUT2D eigenvalue weighted by Crippen LogP contribution is -2.28. The predicted octanol–water partition coefficient (Wildman–Crippen LogP) is -1.33. The van der Waals surface area contributed by atoms with E-state index in [1.165, 1.54) is 16.7 Å². The Labute approximate surface area is 113 Å². The van der Waals surface area contributed by atoms with E-state index in [1.54, 1.807) is 25.3 Å². The molecule has 0 aliphatic rings.